The van der Waals surface area contributed by atoms with Gasteiger partial charge in [-0.25, -0.2) is 4.79 Å². The van der Waals surface area contributed by atoms with E-state index in [1.165, 1.54) is 4.90 Å². The molecule has 1 fully saturated rings. The van der Waals surface area contributed by atoms with Gasteiger partial charge in [-0.15, -0.1) is 11.8 Å². The van der Waals surface area contributed by atoms with Crippen LogP contribution in [0.1, 0.15) is 12.8 Å². The number of benzene rings is 1. The molecule has 2 rings (SSSR count). The highest BCUT2D eigenvalue weighted by Gasteiger charge is 2.38. The molecule has 1 aromatic rings. The van der Waals surface area contributed by atoms with Crippen molar-refractivity contribution in [2.75, 3.05) is 12.3 Å². The van der Waals surface area contributed by atoms with E-state index >= 15 is 0 Å². The molecule has 2 N–H and O–H groups in total. The standard InChI is InChI=1S/C14H17NO4S/c16-10-8-12(14(18)19)15(9-10)13(17)6-7-20-11-4-2-1-3-5-11/h1-5,10,12,16H,6-9H2,(H,18,19)/t10-,12+/m1/s1. The molecule has 0 aliphatic carbocycles. The molecule has 1 aliphatic rings. The first-order valence-electron chi connectivity index (χ1n) is 6.46. The Labute approximate surface area is 121 Å². The summed E-state index contributed by atoms with van der Waals surface area (Å²) in [6, 6.07) is 8.84. The highest BCUT2D eigenvalue weighted by atomic mass is 32.2. The molecule has 0 radical (unpaired) electrons. The smallest absolute Gasteiger partial charge is 0.326 e. The van der Waals surface area contributed by atoms with Gasteiger partial charge < -0.3 is 15.1 Å². The number of carboxylic acid groups (broad SMARTS) is 1. The first-order valence-corrected chi connectivity index (χ1v) is 7.44. The Morgan fingerprint density at radius 1 is 1.30 bits per heavy atom. The predicted molar refractivity (Wildman–Crippen MR) is 75.5 cm³/mol. The largest absolute Gasteiger partial charge is 0.480 e. The zero-order chi connectivity index (χ0) is 14.5. The minimum Gasteiger partial charge on any atom is -0.480 e. The zero-order valence-electron chi connectivity index (χ0n) is 10.9. The van der Waals surface area contributed by atoms with Crippen LogP contribution < -0.4 is 0 Å². The molecule has 108 valence electrons. The first kappa shape index (κ1) is 14.9. The number of hydrogen-bond donors (Lipinski definition) is 2. The van der Waals surface area contributed by atoms with E-state index in [0.29, 0.717) is 5.75 Å². The number of carbonyl (C=O) groups excluding carboxylic acids is 1. The number of aliphatic hydroxyl groups is 1. The van der Waals surface area contributed by atoms with Gasteiger partial charge in [0.25, 0.3) is 0 Å². The number of amides is 1. The molecule has 0 bridgehead atoms. The lowest BCUT2D eigenvalue weighted by molar-refractivity contribution is -0.148. The summed E-state index contributed by atoms with van der Waals surface area (Å²) < 4.78 is 0. The van der Waals surface area contributed by atoms with E-state index in [1.807, 2.05) is 30.3 Å². The maximum absolute atomic E-state index is 12.0. The quantitative estimate of drug-likeness (QED) is 0.799. The maximum Gasteiger partial charge on any atom is 0.326 e. The Bertz CT molecular complexity index is 479. The number of aliphatic carboxylic acids is 1. The van der Waals surface area contributed by atoms with Crippen LogP contribution in [0.15, 0.2) is 35.2 Å². The number of aliphatic hydroxyl groups excluding tert-OH is 1. The van der Waals surface area contributed by atoms with Gasteiger partial charge in [-0.05, 0) is 12.1 Å². The lowest BCUT2D eigenvalue weighted by Gasteiger charge is -2.20. The monoisotopic (exact) mass is 295 g/mol. The minimum atomic E-state index is -1.05. The summed E-state index contributed by atoms with van der Waals surface area (Å²) >= 11 is 1.56. The van der Waals surface area contributed by atoms with Crippen LogP contribution in [0.4, 0.5) is 0 Å². The molecule has 0 aromatic heterocycles. The molecule has 1 aromatic carbocycles. The maximum atomic E-state index is 12.0. The van der Waals surface area contributed by atoms with Crippen molar-refractivity contribution in [2.24, 2.45) is 0 Å². The molecule has 2 atom stereocenters. The lowest BCUT2D eigenvalue weighted by atomic mass is 10.2. The van der Waals surface area contributed by atoms with Crippen molar-refractivity contribution in [1.29, 1.82) is 0 Å². The average Bonchev–Trinajstić information content (AvgIpc) is 2.82. The molecular weight excluding hydrogens is 278 g/mol. The lowest BCUT2D eigenvalue weighted by Crippen LogP contribution is -2.40. The van der Waals surface area contributed by atoms with Crippen LogP contribution in [-0.4, -0.2) is 51.4 Å². The van der Waals surface area contributed by atoms with E-state index in [2.05, 4.69) is 0 Å². The van der Waals surface area contributed by atoms with Crippen LogP contribution in [0.25, 0.3) is 0 Å². The number of thioether (sulfide) groups is 1. The van der Waals surface area contributed by atoms with Gasteiger partial charge in [0.2, 0.25) is 5.91 Å². The molecule has 6 heteroatoms. The highest BCUT2D eigenvalue weighted by Crippen LogP contribution is 2.22. The van der Waals surface area contributed by atoms with Crippen molar-refractivity contribution < 1.29 is 19.8 Å². The topological polar surface area (TPSA) is 77.8 Å². The third-order valence-electron chi connectivity index (χ3n) is 3.21. The summed E-state index contributed by atoms with van der Waals surface area (Å²) in [6.07, 6.45) is -0.343. The number of nitrogens with zero attached hydrogens (tertiary/aromatic N) is 1. The van der Waals surface area contributed by atoms with Crippen molar-refractivity contribution in [2.45, 2.75) is 29.9 Å². The number of likely N-dealkylation sites (tertiary alicyclic amines) is 1. The van der Waals surface area contributed by atoms with Crippen molar-refractivity contribution in [3.63, 3.8) is 0 Å². The zero-order valence-corrected chi connectivity index (χ0v) is 11.8. The summed E-state index contributed by atoms with van der Waals surface area (Å²) in [4.78, 5) is 25.4. The number of carbonyl (C=O) groups is 2. The molecule has 1 amide bonds. The van der Waals surface area contributed by atoms with E-state index in [1.54, 1.807) is 11.8 Å². The van der Waals surface area contributed by atoms with Crippen LogP contribution in [-0.2, 0) is 9.59 Å². The van der Waals surface area contributed by atoms with E-state index in [4.69, 9.17) is 5.11 Å². The number of β-amino-alcohol motifs (C(OH)–C–C–N with tert-alkyl or cyclic N) is 1. The SMILES string of the molecule is O=C(O)[C@@H]1C[C@@H](O)CN1C(=O)CCSc1ccccc1. The number of hydrogen-bond acceptors (Lipinski definition) is 4. The Morgan fingerprint density at radius 3 is 2.65 bits per heavy atom. The van der Waals surface area contributed by atoms with Gasteiger partial charge in [-0.3, -0.25) is 4.79 Å². The van der Waals surface area contributed by atoms with Gasteiger partial charge in [-0.1, -0.05) is 18.2 Å². The van der Waals surface area contributed by atoms with Gasteiger partial charge in [0.05, 0.1) is 6.10 Å². The fraction of sp³-hybridized carbons (Fsp3) is 0.429. The molecular formula is C14H17NO4S. The predicted octanol–water partition coefficient (Wildman–Crippen LogP) is 1.22. The molecule has 5 nitrogen and oxygen atoms in total. The molecule has 1 heterocycles. The fourth-order valence-electron chi connectivity index (χ4n) is 2.24. The molecule has 0 unspecified atom stereocenters. The third kappa shape index (κ3) is 3.74. The van der Waals surface area contributed by atoms with Crippen LogP contribution in [0.3, 0.4) is 0 Å². The summed E-state index contributed by atoms with van der Waals surface area (Å²) in [6.45, 7) is 0.117. The summed E-state index contributed by atoms with van der Waals surface area (Å²) in [5, 5.41) is 18.6. The van der Waals surface area contributed by atoms with Crippen LogP contribution in [0.5, 0.6) is 0 Å². The van der Waals surface area contributed by atoms with Gasteiger partial charge in [-0.2, -0.15) is 0 Å². The van der Waals surface area contributed by atoms with Gasteiger partial charge in [0.15, 0.2) is 0 Å². The van der Waals surface area contributed by atoms with Crippen LogP contribution >= 0.6 is 11.8 Å². The molecule has 20 heavy (non-hydrogen) atoms. The van der Waals surface area contributed by atoms with Crippen LogP contribution in [0, 0.1) is 0 Å². The Hall–Kier alpha value is -1.53. The summed E-state index contributed by atoms with van der Waals surface area (Å²) in [5.41, 5.74) is 0. The van der Waals surface area contributed by atoms with Crippen LogP contribution in [0.2, 0.25) is 0 Å². The molecule has 0 saturated carbocycles. The second kappa shape index (κ2) is 6.76. The average molecular weight is 295 g/mol. The first-order chi connectivity index (χ1) is 9.58. The highest BCUT2D eigenvalue weighted by molar-refractivity contribution is 7.99. The fourth-order valence-corrected chi connectivity index (χ4v) is 3.10. The Kier molecular flexibility index (Phi) is 5.03. The third-order valence-corrected chi connectivity index (χ3v) is 4.23. The molecule has 1 aliphatic heterocycles. The number of carboxylic acids is 1. The van der Waals surface area contributed by atoms with E-state index in [9.17, 15) is 14.7 Å². The molecule has 0 spiro atoms. The molecule has 1 saturated heterocycles. The van der Waals surface area contributed by atoms with E-state index in [0.717, 1.165) is 4.90 Å². The summed E-state index contributed by atoms with van der Waals surface area (Å²) in [7, 11) is 0. The van der Waals surface area contributed by atoms with E-state index in [-0.39, 0.29) is 25.3 Å². The normalized spacial score (nSPS) is 21.9. The van der Waals surface area contributed by atoms with Crippen molar-refractivity contribution >= 4 is 23.6 Å². The minimum absolute atomic E-state index is 0.117. The van der Waals surface area contributed by atoms with E-state index < -0.39 is 18.1 Å². The number of rotatable bonds is 5. The second-order valence-corrected chi connectivity index (χ2v) is 5.87. The van der Waals surface area contributed by atoms with Crippen molar-refractivity contribution in [3.05, 3.63) is 30.3 Å². The van der Waals surface area contributed by atoms with Gasteiger partial charge in [0, 0.05) is 30.0 Å². The Morgan fingerprint density at radius 2 is 2.00 bits per heavy atom. The Balaban J connectivity index is 1.84. The second-order valence-electron chi connectivity index (χ2n) is 4.70. The summed E-state index contributed by atoms with van der Waals surface area (Å²) in [5.74, 6) is -0.662. The van der Waals surface area contributed by atoms with Crippen molar-refractivity contribution in [1.82, 2.24) is 4.90 Å². The van der Waals surface area contributed by atoms with Crippen molar-refractivity contribution in [3.8, 4) is 0 Å². The van der Waals surface area contributed by atoms with Gasteiger partial charge in [0.1, 0.15) is 6.04 Å². The van der Waals surface area contributed by atoms with Gasteiger partial charge >= 0.3 is 5.97 Å².